The van der Waals surface area contributed by atoms with Crippen LogP contribution in [0.3, 0.4) is 0 Å². The third-order valence-corrected chi connectivity index (χ3v) is 2.37. The van der Waals surface area contributed by atoms with Crippen LogP contribution in [0.5, 0.6) is 5.75 Å². The molecule has 0 aliphatic heterocycles. The average molecular weight is 228 g/mol. The molecule has 0 aliphatic carbocycles. The van der Waals surface area contributed by atoms with Crippen molar-refractivity contribution in [2.75, 3.05) is 6.61 Å². The predicted octanol–water partition coefficient (Wildman–Crippen LogP) is 4.01. The molecule has 0 aromatic heterocycles. The Hall–Kier alpha value is -1.94. The molecule has 0 heterocycles. The fourth-order valence-electron chi connectivity index (χ4n) is 1.25. The summed E-state index contributed by atoms with van der Waals surface area (Å²) in [5.41, 5.74) is 2.44. The van der Waals surface area contributed by atoms with E-state index in [4.69, 9.17) is 4.74 Å². The number of allylic oxidation sites excluding steroid dienone is 1. The van der Waals surface area contributed by atoms with Gasteiger partial charge in [-0.25, -0.2) is 0 Å². The first kappa shape index (κ1) is 15.1. The molecular weight excluding hydrogens is 208 g/mol. The Morgan fingerprint density at radius 2 is 1.88 bits per heavy atom. The van der Waals surface area contributed by atoms with E-state index in [1.165, 1.54) is 5.56 Å². The number of hydrogen-bond donors (Lipinski definition) is 0. The van der Waals surface area contributed by atoms with Crippen LogP contribution in [-0.2, 0) is 6.42 Å². The van der Waals surface area contributed by atoms with Crippen molar-refractivity contribution in [3.8, 4) is 18.6 Å². The first-order chi connectivity index (χ1) is 8.30. The van der Waals surface area contributed by atoms with Gasteiger partial charge in [-0.15, -0.1) is 12.8 Å². The number of benzene rings is 1. The molecule has 0 radical (unpaired) electrons. The van der Waals surface area contributed by atoms with E-state index in [-0.39, 0.29) is 0 Å². The minimum atomic E-state index is 0.589. The zero-order chi connectivity index (χ0) is 13.1. The van der Waals surface area contributed by atoms with Crippen molar-refractivity contribution in [2.45, 2.75) is 20.3 Å². The smallest absolute Gasteiger partial charge is 0.119 e. The maximum atomic E-state index is 5.61. The summed E-state index contributed by atoms with van der Waals surface area (Å²) in [6.45, 7) is 8.44. The molecule has 1 aromatic carbocycles. The Kier molecular flexibility index (Phi) is 8.24. The Balaban J connectivity index is 0.00000121. The fourth-order valence-corrected chi connectivity index (χ4v) is 1.25. The third kappa shape index (κ3) is 5.63. The maximum absolute atomic E-state index is 5.61. The normalized spacial score (nSPS) is 10.0. The summed E-state index contributed by atoms with van der Waals surface area (Å²) in [6, 6.07) is 8.21. The second-order valence-electron chi connectivity index (χ2n) is 3.35. The van der Waals surface area contributed by atoms with Gasteiger partial charge in [0.05, 0.1) is 0 Å². The molecule has 1 heteroatoms. The first-order valence-electron chi connectivity index (χ1n) is 5.62. The molecule has 0 unspecified atom stereocenters. The zero-order valence-electron chi connectivity index (χ0n) is 10.6. The van der Waals surface area contributed by atoms with Gasteiger partial charge in [0.1, 0.15) is 12.4 Å². The Bertz CT molecular complexity index is 368. The molecule has 1 nitrogen and oxygen atoms in total. The van der Waals surface area contributed by atoms with E-state index >= 15 is 0 Å². The summed E-state index contributed by atoms with van der Waals surface area (Å²) < 4.78 is 5.61. The summed E-state index contributed by atoms with van der Waals surface area (Å²) >= 11 is 0. The molecule has 0 N–H and O–H groups in total. The monoisotopic (exact) mass is 228 g/mol. The minimum absolute atomic E-state index is 0.589. The highest BCUT2D eigenvalue weighted by atomic mass is 16.5. The largest absolute Gasteiger partial charge is 0.489 e. The van der Waals surface area contributed by atoms with Gasteiger partial charge in [-0.05, 0) is 36.6 Å². The number of rotatable bonds is 5. The van der Waals surface area contributed by atoms with Gasteiger partial charge in [-0.1, -0.05) is 37.8 Å². The van der Waals surface area contributed by atoms with E-state index in [1.54, 1.807) is 0 Å². The van der Waals surface area contributed by atoms with Crippen molar-refractivity contribution in [1.82, 2.24) is 0 Å². The molecule has 0 aliphatic rings. The Morgan fingerprint density at radius 1 is 1.29 bits per heavy atom. The van der Waals surface area contributed by atoms with Crippen LogP contribution in [0.1, 0.15) is 19.4 Å². The van der Waals surface area contributed by atoms with Gasteiger partial charge in [-0.3, -0.25) is 0 Å². The first-order valence-corrected chi connectivity index (χ1v) is 5.62. The van der Waals surface area contributed by atoms with Gasteiger partial charge in [0.2, 0.25) is 0 Å². The van der Waals surface area contributed by atoms with Crippen molar-refractivity contribution < 1.29 is 4.74 Å². The second kappa shape index (κ2) is 9.30. The lowest BCUT2D eigenvalue weighted by Gasteiger charge is -2.06. The van der Waals surface area contributed by atoms with Crippen LogP contribution in [0.15, 0.2) is 48.6 Å². The van der Waals surface area contributed by atoms with E-state index in [1.807, 2.05) is 31.2 Å². The molecule has 0 spiro atoms. The number of terminal acetylenes is 1. The molecule has 0 bridgehead atoms. The van der Waals surface area contributed by atoms with Crippen LogP contribution in [0.2, 0.25) is 0 Å². The van der Waals surface area contributed by atoms with Crippen LogP contribution in [-0.4, -0.2) is 6.61 Å². The summed E-state index contributed by atoms with van der Waals surface area (Å²) in [7, 11) is 0. The lowest BCUT2D eigenvalue weighted by molar-refractivity contribution is 0.355. The second-order valence-corrected chi connectivity index (χ2v) is 3.35. The SMILES string of the molecule is C#C.C=C/C(=C\C)COc1ccc(CC)cc1. The van der Waals surface area contributed by atoms with E-state index in [9.17, 15) is 0 Å². The van der Waals surface area contributed by atoms with Gasteiger partial charge in [0.25, 0.3) is 0 Å². The predicted molar refractivity (Wildman–Crippen MR) is 75.2 cm³/mol. The quantitative estimate of drug-likeness (QED) is 0.546. The number of aryl methyl sites for hydroxylation is 1. The van der Waals surface area contributed by atoms with Crippen molar-refractivity contribution in [3.63, 3.8) is 0 Å². The van der Waals surface area contributed by atoms with E-state index in [0.29, 0.717) is 6.61 Å². The highest BCUT2D eigenvalue weighted by molar-refractivity contribution is 5.28. The molecule has 0 amide bonds. The summed E-state index contributed by atoms with van der Waals surface area (Å²) in [4.78, 5) is 0. The lowest BCUT2D eigenvalue weighted by Crippen LogP contribution is -1.99. The van der Waals surface area contributed by atoms with Crippen LogP contribution in [0.4, 0.5) is 0 Å². The third-order valence-electron chi connectivity index (χ3n) is 2.37. The van der Waals surface area contributed by atoms with Crippen molar-refractivity contribution >= 4 is 0 Å². The minimum Gasteiger partial charge on any atom is -0.489 e. The Morgan fingerprint density at radius 3 is 2.29 bits per heavy atom. The highest BCUT2D eigenvalue weighted by Crippen LogP contribution is 2.13. The van der Waals surface area contributed by atoms with Crippen molar-refractivity contribution in [2.24, 2.45) is 0 Å². The summed E-state index contributed by atoms with van der Waals surface area (Å²) in [6.07, 6.45) is 12.9. The van der Waals surface area contributed by atoms with Crippen molar-refractivity contribution in [1.29, 1.82) is 0 Å². The molecule has 17 heavy (non-hydrogen) atoms. The average Bonchev–Trinajstić information content (AvgIpc) is 2.43. The summed E-state index contributed by atoms with van der Waals surface area (Å²) in [5, 5.41) is 0. The molecule has 1 rings (SSSR count). The molecule has 0 saturated carbocycles. The van der Waals surface area contributed by atoms with Gasteiger partial charge in [-0.2, -0.15) is 0 Å². The van der Waals surface area contributed by atoms with Crippen LogP contribution < -0.4 is 4.74 Å². The molecule has 0 fully saturated rings. The fraction of sp³-hybridized carbons (Fsp3) is 0.250. The van der Waals surface area contributed by atoms with Gasteiger partial charge in [0.15, 0.2) is 0 Å². The Labute approximate surface area is 105 Å². The summed E-state index contributed by atoms with van der Waals surface area (Å²) in [5.74, 6) is 0.911. The molecular formula is C16H20O. The van der Waals surface area contributed by atoms with Crippen LogP contribution >= 0.6 is 0 Å². The molecule has 1 aromatic rings. The van der Waals surface area contributed by atoms with E-state index in [0.717, 1.165) is 17.7 Å². The van der Waals surface area contributed by atoms with E-state index in [2.05, 4.69) is 38.5 Å². The highest BCUT2D eigenvalue weighted by Gasteiger charge is 1.95. The topological polar surface area (TPSA) is 9.23 Å². The zero-order valence-corrected chi connectivity index (χ0v) is 10.6. The van der Waals surface area contributed by atoms with Crippen LogP contribution in [0.25, 0.3) is 0 Å². The van der Waals surface area contributed by atoms with Crippen molar-refractivity contribution in [3.05, 3.63) is 54.1 Å². The van der Waals surface area contributed by atoms with Gasteiger partial charge >= 0.3 is 0 Å². The number of hydrogen-bond acceptors (Lipinski definition) is 1. The number of ether oxygens (including phenoxy) is 1. The lowest BCUT2D eigenvalue weighted by atomic mass is 10.2. The molecule has 0 atom stereocenters. The molecule has 0 saturated heterocycles. The standard InChI is InChI=1S/C14H18O.C2H2/c1-4-12(5-2)11-15-14-9-7-13(6-3)8-10-14;1-2/h4-5,7-10H,1,6,11H2,2-3H3;1-2H/b12-5+;. The van der Waals surface area contributed by atoms with Gasteiger partial charge in [0, 0.05) is 0 Å². The molecule has 90 valence electrons. The van der Waals surface area contributed by atoms with Crippen LogP contribution in [0, 0.1) is 12.8 Å². The van der Waals surface area contributed by atoms with Gasteiger partial charge < -0.3 is 4.74 Å². The van der Waals surface area contributed by atoms with E-state index < -0.39 is 0 Å². The maximum Gasteiger partial charge on any atom is 0.119 e.